The zero-order valence-electron chi connectivity index (χ0n) is 21.9. The van der Waals surface area contributed by atoms with E-state index in [0.717, 1.165) is 53.9 Å². The van der Waals surface area contributed by atoms with Crippen molar-refractivity contribution < 1.29 is 4.74 Å². The molecule has 1 fully saturated rings. The molecular formula is C31H35N5O2. The predicted octanol–water partition coefficient (Wildman–Crippen LogP) is 4.74. The van der Waals surface area contributed by atoms with Crippen molar-refractivity contribution in [2.75, 3.05) is 19.7 Å². The Hall–Kier alpha value is -4.23. The molecule has 0 spiro atoms. The highest BCUT2D eigenvalue weighted by Gasteiger charge is 2.13. The molecule has 2 heterocycles. The number of nitrogens with one attached hydrogen (secondary N) is 1. The van der Waals surface area contributed by atoms with Crippen LogP contribution in [0.25, 0.3) is 17.0 Å². The van der Waals surface area contributed by atoms with Crippen molar-refractivity contribution in [1.29, 1.82) is 0 Å². The lowest BCUT2D eigenvalue weighted by Crippen LogP contribution is -2.29. The fourth-order valence-electron chi connectivity index (χ4n) is 4.31. The Balaban J connectivity index is 1.48. The monoisotopic (exact) mass is 509 g/mol. The van der Waals surface area contributed by atoms with Gasteiger partial charge in [0.25, 0.3) is 5.56 Å². The highest BCUT2D eigenvalue weighted by molar-refractivity contribution is 5.99. The average molecular weight is 510 g/mol. The van der Waals surface area contributed by atoms with E-state index in [9.17, 15) is 4.79 Å². The molecular weight excluding hydrogens is 474 g/mol. The first-order valence-corrected chi connectivity index (χ1v) is 12.9. The third-order valence-corrected chi connectivity index (χ3v) is 6.60. The zero-order chi connectivity index (χ0) is 26.9. The quantitative estimate of drug-likeness (QED) is 0.234. The van der Waals surface area contributed by atoms with Crippen molar-refractivity contribution in [2.45, 2.75) is 26.3 Å². The standard InChI is InChI=1S/C31H35N5O2/c1-4-29(38-21-24-13-15-33-16-14-24)19-34-23(3)27-9-5-7-25(17-27)20-36-31(37)12-11-30(35-36)28-10-6-8-26(18-28)22(2)32/h4-12,17-19,24,33H,1-2,13-16,20-21,32H2,3H3/b29-19+,34-23+. The molecule has 0 radical (unpaired) electrons. The maximum atomic E-state index is 12.6. The summed E-state index contributed by atoms with van der Waals surface area (Å²) in [6.45, 7) is 12.7. The van der Waals surface area contributed by atoms with Crippen LogP contribution in [0.1, 0.15) is 36.5 Å². The van der Waals surface area contributed by atoms with Gasteiger partial charge in [-0.25, -0.2) is 4.68 Å². The first-order valence-electron chi connectivity index (χ1n) is 12.9. The lowest BCUT2D eigenvalue weighted by Gasteiger charge is -2.22. The average Bonchev–Trinajstić information content (AvgIpc) is 2.95. The molecule has 196 valence electrons. The van der Waals surface area contributed by atoms with Crippen molar-refractivity contribution in [1.82, 2.24) is 15.1 Å². The summed E-state index contributed by atoms with van der Waals surface area (Å²) in [7, 11) is 0. The van der Waals surface area contributed by atoms with Crippen molar-refractivity contribution in [3.8, 4) is 11.3 Å². The van der Waals surface area contributed by atoms with Gasteiger partial charge in [-0.15, -0.1) is 0 Å². The lowest BCUT2D eigenvalue weighted by molar-refractivity contribution is 0.154. The van der Waals surface area contributed by atoms with Crippen LogP contribution in [0.4, 0.5) is 0 Å². The van der Waals surface area contributed by atoms with Crippen LogP contribution in [0, 0.1) is 5.92 Å². The van der Waals surface area contributed by atoms with Gasteiger partial charge < -0.3 is 15.8 Å². The minimum Gasteiger partial charge on any atom is -0.492 e. The molecule has 1 aromatic heterocycles. The second kappa shape index (κ2) is 12.8. The molecule has 1 aliphatic heterocycles. The van der Waals surface area contributed by atoms with Gasteiger partial charge in [0, 0.05) is 23.0 Å². The Bertz CT molecular complexity index is 1410. The Morgan fingerprint density at radius 1 is 1.16 bits per heavy atom. The van der Waals surface area contributed by atoms with E-state index in [2.05, 4.69) is 28.6 Å². The SMILES string of the molecule is C=C/C(=C\N=C(/C)c1cccc(Cn2nc(-c3cccc(C(=C)N)c3)ccc2=O)c1)OCC1CCNCC1. The van der Waals surface area contributed by atoms with Crippen LogP contribution in [0.2, 0.25) is 0 Å². The van der Waals surface area contributed by atoms with E-state index >= 15 is 0 Å². The highest BCUT2D eigenvalue weighted by atomic mass is 16.5. The summed E-state index contributed by atoms with van der Waals surface area (Å²) < 4.78 is 7.42. The zero-order valence-corrected chi connectivity index (χ0v) is 21.9. The van der Waals surface area contributed by atoms with Crippen LogP contribution in [0.3, 0.4) is 0 Å². The smallest absolute Gasteiger partial charge is 0.267 e. The number of allylic oxidation sites excluding steroid dienone is 1. The minimum atomic E-state index is -0.173. The Labute approximate surface area is 224 Å². The molecule has 0 amide bonds. The van der Waals surface area contributed by atoms with Crippen LogP contribution in [-0.2, 0) is 11.3 Å². The second-order valence-electron chi connectivity index (χ2n) is 9.48. The summed E-state index contributed by atoms with van der Waals surface area (Å²) in [6.07, 6.45) is 5.65. The summed E-state index contributed by atoms with van der Waals surface area (Å²) in [6, 6.07) is 18.9. The van der Waals surface area contributed by atoms with Crippen molar-refractivity contribution in [2.24, 2.45) is 16.6 Å². The molecule has 0 unspecified atom stereocenters. The van der Waals surface area contributed by atoms with E-state index in [1.54, 1.807) is 18.3 Å². The van der Waals surface area contributed by atoms with Crippen molar-refractivity contribution in [3.05, 3.63) is 119 Å². The fourth-order valence-corrected chi connectivity index (χ4v) is 4.31. The van der Waals surface area contributed by atoms with Gasteiger partial charge in [0.15, 0.2) is 0 Å². The van der Waals surface area contributed by atoms with Crippen LogP contribution >= 0.6 is 0 Å². The van der Waals surface area contributed by atoms with Crippen LogP contribution in [0.5, 0.6) is 0 Å². The predicted molar refractivity (Wildman–Crippen MR) is 155 cm³/mol. The van der Waals surface area contributed by atoms with Gasteiger partial charge in [-0.3, -0.25) is 9.79 Å². The number of ether oxygens (including phenoxy) is 1. The van der Waals surface area contributed by atoms with Crippen molar-refractivity contribution >= 4 is 11.4 Å². The second-order valence-corrected chi connectivity index (χ2v) is 9.48. The Kier molecular flexibility index (Phi) is 9.06. The van der Waals surface area contributed by atoms with Crippen molar-refractivity contribution in [3.63, 3.8) is 0 Å². The number of hydrogen-bond donors (Lipinski definition) is 2. The van der Waals surface area contributed by atoms with Crippen LogP contribution in [-0.4, -0.2) is 35.2 Å². The number of benzene rings is 2. The molecule has 0 saturated carbocycles. The maximum Gasteiger partial charge on any atom is 0.267 e. The van der Waals surface area contributed by atoms with E-state index in [1.807, 2.05) is 55.5 Å². The molecule has 0 atom stereocenters. The molecule has 1 aliphatic rings. The molecule has 38 heavy (non-hydrogen) atoms. The van der Waals surface area contributed by atoms with E-state index in [-0.39, 0.29) is 5.56 Å². The van der Waals surface area contributed by atoms with Gasteiger partial charge in [0.2, 0.25) is 0 Å². The summed E-state index contributed by atoms with van der Waals surface area (Å²) >= 11 is 0. The molecule has 4 rings (SSSR count). The summed E-state index contributed by atoms with van der Waals surface area (Å²) in [5, 5.41) is 7.98. The molecule has 3 N–H and O–H groups in total. The molecule has 0 aliphatic carbocycles. The van der Waals surface area contributed by atoms with Crippen LogP contribution < -0.4 is 16.6 Å². The fraction of sp³-hybridized carbons (Fsp3) is 0.258. The molecule has 2 aromatic carbocycles. The van der Waals surface area contributed by atoms with Gasteiger partial charge in [-0.2, -0.15) is 5.10 Å². The van der Waals surface area contributed by atoms with Crippen LogP contribution in [0.15, 0.2) is 102 Å². The third-order valence-electron chi connectivity index (χ3n) is 6.60. The first kappa shape index (κ1) is 26.8. The Morgan fingerprint density at radius 2 is 1.92 bits per heavy atom. The topological polar surface area (TPSA) is 94.5 Å². The van der Waals surface area contributed by atoms with Gasteiger partial charge in [-0.05, 0) is 79.7 Å². The molecule has 3 aromatic rings. The lowest BCUT2D eigenvalue weighted by atomic mass is 9.99. The van der Waals surface area contributed by atoms with E-state index in [4.69, 9.17) is 10.5 Å². The van der Waals surface area contributed by atoms with Gasteiger partial charge in [-0.1, -0.05) is 49.6 Å². The number of piperidine rings is 1. The maximum absolute atomic E-state index is 12.6. The summed E-state index contributed by atoms with van der Waals surface area (Å²) in [4.78, 5) is 17.2. The largest absolute Gasteiger partial charge is 0.492 e. The minimum absolute atomic E-state index is 0.173. The van der Waals surface area contributed by atoms with E-state index in [0.29, 0.717) is 36.2 Å². The molecule has 0 bridgehead atoms. The van der Waals surface area contributed by atoms with Gasteiger partial charge >= 0.3 is 0 Å². The highest BCUT2D eigenvalue weighted by Crippen LogP contribution is 2.20. The summed E-state index contributed by atoms with van der Waals surface area (Å²) in [5.41, 5.74) is 11.3. The number of rotatable bonds is 10. The summed E-state index contributed by atoms with van der Waals surface area (Å²) in [5.74, 6) is 1.22. The normalized spacial score (nSPS) is 14.8. The van der Waals surface area contributed by atoms with Gasteiger partial charge in [0.1, 0.15) is 5.76 Å². The number of hydrogen-bond acceptors (Lipinski definition) is 6. The van der Waals surface area contributed by atoms with Gasteiger partial charge in [0.05, 0.1) is 25.0 Å². The Morgan fingerprint density at radius 3 is 2.68 bits per heavy atom. The number of aromatic nitrogens is 2. The molecule has 1 saturated heterocycles. The number of aliphatic imine (C=N–C) groups is 1. The molecule has 7 nitrogen and oxygen atoms in total. The van der Waals surface area contributed by atoms with E-state index in [1.165, 1.54) is 10.7 Å². The first-order chi connectivity index (χ1) is 18.4. The molecule has 7 heteroatoms. The number of nitrogens with zero attached hydrogens (tertiary/aromatic N) is 3. The third kappa shape index (κ3) is 7.17. The number of nitrogens with two attached hydrogens (primary N) is 1. The van der Waals surface area contributed by atoms with E-state index < -0.39 is 0 Å².